The van der Waals surface area contributed by atoms with Crippen molar-refractivity contribution < 1.29 is 0 Å². The molecule has 1 heterocycles. The Bertz CT molecular complexity index is 76.6. The highest BCUT2D eigenvalue weighted by Crippen LogP contribution is 2.24. The van der Waals surface area contributed by atoms with Crippen LogP contribution < -0.4 is 5.32 Å². The van der Waals surface area contributed by atoms with Crippen LogP contribution in [0.4, 0.5) is 0 Å². The summed E-state index contributed by atoms with van der Waals surface area (Å²) in [7, 11) is 0. The van der Waals surface area contributed by atoms with Crippen LogP contribution in [0.3, 0.4) is 0 Å². The summed E-state index contributed by atoms with van der Waals surface area (Å²) in [4.78, 5) is 0. The second-order valence-electron chi connectivity index (χ2n) is 3.73. The van der Waals surface area contributed by atoms with E-state index in [2.05, 4.69) is 19.2 Å². The van der Waals surface area contributed by atoms with E-state index in [0.29, 0.717) is 5.41 Å². The van der Waals surface area contributed by atoms with E-state index < -0.39 is 0 Å². The van der Waals surface area contributed by atoms with Crippen LogP contribution in [0.15, 0.2) is 0 Å². The van der Waals surface area contributed by atoms with Gasteiger partial charge in [-0.25, -0.2) is 5.32 Å². The van der Waals surface area contributed by atoms with Crippen molar-refractivity contribution in [2.75, 3.05) is 13.1 Å². The lowest BCUT2D eigenvalue weighted by atomic mass is 9.88. The molecule has 0 aromatic carbocycles. The molecule has 1 nitrogen and oxygen atoms in total. The van der Waals surface area contributed by atoms with Crippen LogP contribution >= 0.6 is 0 Å². The Balaban J connectivity index is 2.36. The number of nitrogens with zero attached hydrogens (tertiary/aromatic N) is 1. The summed E-state index contributed by atoms with van der Waals surface area (Å²) >= 11 is 0. The Labute approximate surface area is 57.8 Å². The minimum atomic E-state index is 0.497. The Kier molecular flexibility index (Phi) is 2.12. The van der Waals surface area contributed by atoms with Crippen molar-refractivity contribution in [1.82, 2.24) is 5.32 Å². The minimum absolute atomic E-state index is 0.497. The fourth-order valence-corrected chi connectivity index (χ4v) is 1.29. The molecule has 0 saturated carbocycles. The molecule has 0 N–H and O–H groups in total. The molecule has 0 amide bonds. The lowest BCUT2D eigenvalue weighted by Crippen LogP contribution is -2.21. The van der Waals surface area contributed by atoms with Gasteiger partial charge < -0.3 is 0 Å². The van der Waals surface area contributed by atoms with Crippen LogP contribution in [-0.2, 0) is 0 Å². The van der Waals surface area contributed by atoms with Crippen molar-refractivity contribution >= 4 is 0 Å². The van der Waals surface area contributed by atoms with Crippen LogP contribution in [0.25, 0.3) is 0 Å². The smallest absolute Gasteiger partial charge is 0.0184 e. The Morgan fingerprint density at radius 2 is 2.00 bits per heavy atom. The maximum absolute atomic E-state index is 4.42. The Morgan fingerprint density at radius 3 is 2.78 bits per heavy atom. The summed E-state index contributed by atoms with van der Waals surface area (Å²) in [5.41, 5.74) is 0.497. The number of rotatable bonds is 0. The molecule has 0 atom stereocenters. The molecule has 0 aromatic heterocycles. The van der Waals surface area contributed by atoms with Gasteiger partial charge >= 0.3 is 0 Å². The molecule has 1 heteroatoms. The van der Waals surface area contributed by atoms with Gasteiger partial charge in [0.25, 0.3) is 0 Å². The maximum atomic E-state index is 4.42. The third kappa shape index (κ3) is 2.35. The van der Waals surface area contributed by atoms with Gasteiger partial charge in [0.15, 0.2) is 0 Å². The van der Waals surface area contributed by atoms with Crippen molar-refractivity contribution in [2.24, 2.45) is 5.41 Å². The molecular weight excluding hydrogens is 110 g/mol. The van der Waals surface area contributed by atoms with Gasteiger partial charge in [-0.2, -0.15) is 0 Å². The zero-order chi connectivity index (χ0) is 6.74. The molecular formula is C8H16N. The van der Waals surface area contributed by atoms with Crippen LogP contribution in [-0.4, -0.2) is 13.1 Å². The number of hydrogen-bond donors (Lipinski definition) is 0. The van der Waals surface area contributed by atoms with E-state index in [4.69, 9.17) is 0 Å². The molecule has 1 saturated heterocycles. The lowest BCUT2D eigenvalue weighted by molar-refractivity contribution is 0.333. The van der Waals surface area contributed by atoms with Crippen LogP contribution in [0, 0.1) is 5.41 Å². The Morgan fingerprint density at radius 1 is 1.22 bits per heavy atom. The highest BCUT2D eigenvalue weighted by Gasteiger charge is 2.19. The first-order chi connectivity index (χ1) is 4.21. The van der Waals surface area contributed by atoms with Gasteiger partial charge in [-0.15, -0.1) is 0 Å². The molecule has 0 unspecified atom stereocenters. The van der Waals surface area contributed by atoms with Gasteiger partial charge in [-0.3, -0.25) is 0 Å². The van der Waals surface area contributed by atoms with Gasteiger partial charge in [0.05, 0.1) is 0 Å². The van der Waals surface area contributed by atoms with Gasteiger partial charge in [0.1, 0.15) is 0 Å². The van der Waals surface area contributed by atoms with E-state index >= 15 is 0 Å². The van der Waals surface area contributed by atoms with E-state index in [1.54, 1.807) is 0 Å². The Hall–Kier alpha value is -0.0400. The van der Waals surface area contributed by atoms with Crippen molar-refractivity contribution in [2.45, 2.75) is 33.1 Å². The van der Waals surface area contributed by atoms with E-state index in [1.807, 2.05) is 0 Å². The predicted molar refractivity (Wildman–Crippen MR) is 39.5 cm³/mol. The molecule has 1 fully saturated rings. The van der Waals surface area contributed by atoms with E-state index in [9.17, 15) is 0 Å². The normalized spacial score (nSPS) is 27.3. The predicted octanol–water partition coefficient (Wildman–Crippen LogP) is 1.80. The van der Waals surface area contributed by atoms with Crippen LogP contribution in [0.2, 0.25) is 0 Å². The molecule has 9 heavy (non-hydrogen) atoms. The highest BCUT2D eigenvalue weighted by molar-refractivity contribution is 4.74. The average molecular weight is 126 g/mol. The third-order valence-electron chi connectivity index (χ3n) is 1.96. The summed E-state index contributed by atoms with van der Waals surface area (Å²) in [5, 5.41) is 4.42. The van der Waals surface area contributed by atoms with Crippen molar-refractivity contribution in [3.05, 3.63) is 0 Å². The SMILES string of the molecule is CC1(C)CCCC[N]C1. The quantitative estimate of drug-likeness (QED) is 0.470. The minimum Gasteiger partial charge on any atom is -0.241 e. The summed E-state index contributed by atoms with van der Waals surface area (Å²) in [5.74, 6) is 0. The average Bonchev–Trinajstić information content (AvgIpc) is 1.92. The van der Waals surface area contributed by atoms with Gasteiger partial charge in [0, 0.05) is 13.1 Å². The third-order valence-corrected chi connectivity index (χ3v) is 1.96. The summed E-state index contributed by atoms with van der Waals surface area (Å²) in [6.45, 7) is 6.79. The fourth-order valence-electron chi connectivity index (χ4n) is 1.29. The zero-order valence-electron chi connectivity index (χ0n) is 6.48. The monoisotopic (exact) mass is 126 g/mol. The molecule has 0 spiro atoms. The molecule has 1 aliphatic heterocycles. The molecule has 1 aliphatic rings. The summed E-state index contributed by atoms with van der Waals surface area (Å²) < 4.78 is 0. The molecule has 1 radical (unpaired) electrons. The van der Waals surface area contributed by atoms with Crippen LogP contribution in [0.1, 0.15) is 33.1 Å². The van der Waals surface area contributed by atoms with Gasteiger partial charge in [0.2, 0.25) is 0 Å². The molecule has 0 aromatic rings. The topological polar surface area (TPSA) is 14.1 Å². The molecule has 53 valence electrons. The second kappa shape index (κ2) is 2.70. The van der Waals surface area contributed by atoms with E-state index in [1.165, 1.54) is 19.3 Å². The first kappa shape index (κ1) is 7.07. The van der Waals surface area contributed by atoms with E-state index in [0.717, 1.165) is 13.1 Å². The summed E-state index contributed by atoms with van der Waals surface area (Å²) in [6.07, 6.45) is 4.04. The van der Waals surface area contributed by atoms with Crippen molar-refractivity contribution in [1.29, 1.82) is 0 Å². The molecule has 1 rings (SSSR count). The highest BCUT2D eigenvalue weighted by atomic mass is 14.9. The molecule has 0 bridgehead atoms. The lowest BCUT2D eigenvalue weighted by Gasteiger charge is -2.20. The fraction of sp³-hybridized carbons (Fsp3) is 1.00. The van der Waals surface area contributed by atoms with E-state index in [-0.39, 0.29) is 0 Å². The van der Waals surface area contributed by atoms with Gasteiger partial charge in [-0.1, -0.05) is 20.3 Å². The second-order valence-corrected chi connectivity index (χ2v) is 3.73. The number of hydrogen-bond acceptors (Lipinski definition) is 0. The first-order valence-corrected chi connectivity index (χ1v) is 3.84. The van der Waals surface area contributed by atoms with Crippen LogP contribution in [0.5, 0.6) is 0 Å². The zero-order valence-corrected chi connectivity index (χ0v) is 6.48. The molecule has 0 aliphatic carbocycles. The maximum Gasteiger partial charge on any atom is 0.0184 e. The van der Waals surface area contributed by atoms with Gasteiger partial charge in [-0.05, 0) is 18.3 Å². The standard InChI is InChI=1S/C8H16N/c1-8(2)5-3-4-6-9-7-8/h3-7H2,1-2H3. The largest absolute Gasteiger partial charge is 0.241 e. The van der Waals surface area contributed by atoms with Crippen molar-refractivity contribution in [3.8, 4) is 0 Å². The summed E-state index contributed by atoms with van der Waals surface area (Å²) in [6, 6.07) is 0. The van der Waals surface area contributed by atoms with Crippen molar-refractivity contribution in [3.63, 3.8) is 0 Å². The first-order valence-electron chi connectivity index (χ1n) is 3.84.